The van der Waals surface area contributed by atoms with E-state index in [0.29, 0.717) is 11.0 Å². The zero-order valence-corrected chi connectivity index (χ0v) is 10.8. The van der Waals surface area contributed by atoms with E-state index in [1.165, 1.54) is 24.3 Å². The van der Waals surface area contributed by atoms with Gasteiger partial charge in [-0.3, -0.25) is 0 Å². The van der Waals surface area contributed by atoms with Crippen molar-refractivity contribution in [2.45, 2.75) is 12.8 Å². The summed E-state index contributed by atoms with van der Waals surface area (Å²) in [6.45, 7) is 0.0864. The van der Waals surface area contributed by atoms with Crippen LogP contribution in [-0.4, -0.2) is 17.2 Å². The molecule has 0 saturated carbocycles. The summed E-state index contributed by atoms with van der Waals surface area (Å²) >= 11 is 0. The lowest BCUT2D eigenvalue weighted by Gasteiger charge is -2.10. The van der Waals surface area contributed by atoms with Crippen LogP contribution >= 0.6 is 0 Å². The average Bonchev–Trinajstić information content (AvgIpc) is 2.45. The van der Waals surface area contributed by atoms with Gasteiger partial charge >= 0.3 is 13.3 Å². The van der Waals surface area contributed by atoms with Gasteiger partial charge in [-0.25, -0.2) is 0 Å². The molecule has 110 valence electrons. The average molecular weight is 296 g/mol. The van der Waals surface area contributed by atoms with Crippen molar-refractivity contribution in [2.75, 3.05) is 0 Å². The molecule has 2 aromatic carbocycles. The highest BCUT2D eigenvalue weighted by atomic mass is 19.4. The maximum Gasteiger partial charge on any atom is 0.488 e. The van der Waals surface area contributed by atoms with Crippen molar-refractivity contribution in [3.63, 3.8) is 0 Å². The van der Waals surface area contributed by atoms with Crippen molar-refractivity contribution in [2.24, 2.45) is 0 Å². The lowest BCUT2D eigenvalue weighted by molar-refractivity contribution is -0.137. The van der Waals surface area contributed by atoms with Gasteiger partial charge in [0, 0.05) is 0 Å². The van der Waals surface area contributed by atoms with Gasteiger partial charge in [0.1, 0.15) is 12.4 Å². The van der Waals surface area contributed by atoms with Gasteiger partial charge in [-0.15, -0.1) is 0 Å². The number of hydrogen-bond acceptors (Lipinski definition) is 3. The molecule has 0 bridgehead atoms. The van der Waals surface area contributed by atoms with Crippen LogP contribution in [0.25, 0.3) is 0 Å². The third-order valence-corrected chi connectivity index (χ3v) is 2.84. The quantitative estimate of drug-likeness (QED) is 0.848. The smallest absolute Gasteiger partial charge is 0.488 e. The highest BCUT2D eigenvalue weighted by molar-refractivity contribution is 6.58. The fourth-order valence-corrected chi connectivity index (χ4v) is 1.71. The number of ether oxygens (including phenoxy) is 1. The first kappa shape index (κ1) is 15.4. The normalized spacial score (nSPS) is 11.3. The molecule has 0 radical (unpaired) electrons. The first-order chi connectivity index (χ1) is 9.86. The number of rotatable bonds is 4. The SMILES string of the molecule is OB(O)c1ccc(COc2cccc(C(F)(F)F)c2)cc1. The summed E-state index contributed by atoms with van der Waals surface area (Å²) < 4.78 is 42.9. The van der Waals surface area contributed by atoms with Crippen LogP contribution in [0.15, 0.2) is 48.5 Å². The van der Waals surface area contributed by atoms with Gasteiger partial charge in [-0.1, -0.05) is 30.3 Å². The summed E-state index contributed by atoms with van der Waals surface area (Å²) in [6, 6.07) is 10.9. The minimum Gasteiger partial charge on any atom is -0.489 e. The summed E-state index contributed by atoms with van der Waals surface area (Å²) in [4.78, 5) is 0. The third-order valence-electron chi connectivity index (χ3n) is 2.84. The Morgan fingerprint density at radius 1 is 1.00 bits per heavy atom. The standard InChI is InChI=1S/C14H12BF3O3/c16-14(17,18)11-2-1-3-13(8-11)21-9-10-4-6-12(7-5-10)15(19)20/h1-8,19-20H,9H2. The molecule has 3 nitrogen and oxygen atoms in total. The first-order valence-corrected chi connectivity index (χ1v) is 6.11. The molecule has 0 fully saturated rings. The molecule has 0 atom stereocenters. The van der Waals surface area contributed by atoms with E-state index in [9.17, 15) is 13.2 Å². The molecule has 7 heteroatoms. The fraction of sp³-hybridized carbons (Fsp3) is 0.143. The molecule has 2 aromatic rings. The van der Waals surface area contributed by atoms with E-state index in [4.69, 9.17) is 14.8 Å². The van der Waals surface area contributed by atoms with Crippen LogP contribution in [-0.2, 0) is 12.8 Å². The minimum absolute atomic E-state index is 0.0864. The third kappa shape index (κ3) is 4.24. The lowest BCUT2D eigenvalue weighted by atomic mass is 9.80. The van der Waals surface area contributed by atoms with Crippen LogP contribution in [0.3, 0.4) is 0 Å². The Morgan fingerprint density at radius 2 is 1.67 bits per heavy atom. The molecule has 0 heterocycles. The molecule has 2 N–H and O–H groups in total. The number of hydrogen-bond donors (Lipinski definition) is 2. The van der Waals surface area contributed by atoms with E-state index >= 15 is 0 Å². The van der Waals surface area contributed by atoms with Gasteiger partial charge < -0.3 is 14.8 Å². The van der Waals surface area contributed by atoms with Crippen molar-refractivity contribution >= 4 is 12.6 Å². The van der Waals surface area contributed by atoms with Crippen LogP contribution in [0.5, 0.6) is 5.75 Å². The molecule has 0 spiro atoms. The predicted octanol–water partition coefficient (Wildman–Crippen LogP) is 1.96. The van der Waals surface area contributed by atoms with Crippen LogP contribution in [0.2, 0.25) is 0 Å². The predicted molar refractivity (Wildman–Crippen MR) is 72.0 cm³/mol. The van der Waals surface area contributed by atoms with Crippen molar-refractivity contribution < 1.29 is 28.0 Å². The molecule has 0 saturated heterocycles. The molecule has 21 heavy (non-hydrogen) atoms. The molecule has 0 aromatic heterocycles. The van der Waals surface area contributed by atoms with Gasteiger partial charge in [-0.2, -0.15) is 13.2 Å². The van der Waals surface area contributed by atoms with Gasteiger partial charge in [0.05, 0.1) is 5.56 Å². The second kappa shape index (κ2) is 6.20. The fourth-order valence-electron chi connectivity index (χ4n) is 1.71. The van der Waals surface area contributed by atoms with Gasteiger partial charge in [-0.05, 0) is 29.2 Å². The van der Waals surface area contributed by atoms with E-state index in [0.717, 1.165) is 12.1 Å². The molecular formula is C14H12BF3O3. The maximum absolute atomic E-state index is 12.5. The molecule has 0 unspecified atom stereocenters. The highest BCUT2D eigenvalue weighted by Crippen LogP contribution is 2.31. The molecule has 2 rings (SSSR count). The van der Waals surface area contributed by atoms with Gasteiger partial charge in [0.2, 0.25) is 0 Å². The van der Waals surface area contributed by atoms with Crippen LogP contribution < -0.4 is 10.2 Å². The topological polar surface area (TPSA) is 49.7 Å². The molecule has 0 aliphatic carbocycles. The van der Waals surface area contributed by atoms with Gasteiger partial charge in [0.25, 0.3) is 0 Å². The second-order valence-corrected chi connectivity index (χ2v) is 4.43. The van der Waals surface area contributed by atoms with Crippen LogP contribution in [0.4, 0.5) is 13.2 Å². The van der Waals surface area contributed by atoms with E-state index < -0.39 is 18.9 Å². The molecule has 0 amide bonds. The first-order valence-electron chi connectivity index (χ1n) is 6.11. The van der Waals surface area contributed by atoms with Crippen molar-refractivity contribution in [3.05, 3.63) is 59.7 Å². The van der Waals surface area contributed by atoms with E-state index in [-0.39, 0.29) is 12.4 Å². The van der Waals surface area contributed by atoms with Crippen molar-refractivity contribution in [1.82, 2.24) is 0 Å². The number of alkyl halides is 3. The van der Waals surface area contributed by atoms with E-state index in [2.05, 4.69) is 0 Å². The second-order valence-electron chi connectivity index (χ2n) is 4.43. The Balaban J connectivity index is 2.03. The Labute approximate surface area is 119 Å². The van der Waals surface area contributed by atoms with E-state index in [1.807, 2.05) is 0 Å². The minimum atomic E-state index is -4.40. The Bertz CT molecular complexity index is 597. The zero-order chi connectivity index (χ0) is 15.5. The summed E-state index contributed by atoms with van der Waals surface area (Å²) in [5.74, 6) is 0.121. The summed E-state index contributed by atoms with van der Waals surface area (Å²) in [6.07, 6.45) is -4.40. The summed E-state index contributed by atoms with van der Waals surface area (Å²) in [5, 5.41) is 17.9. The largest absolute Gasteiger partial charge is 0.489 e. The van der Waals surface area contributed by atoms with Gasteiger partial charge in [0.15, 0.2) is 0 Å². The monoisotopic (exact) mass is 296 g/mol. The highest BCUT2D eigenvalue weighted by Gasteiger charge is 2.30. The maximum atomic E-state index is 12.5. The number of halogens is 3. The van der Waals surface area contributed by atoms with Crippen molar-refractivity contribution in [3.8, 4) is 5.75 Å². The Hall–Kier alpha value is -1.99. The summed E-state index contributed by atoms with van der Waals surface area (Å²) in [5.41, 5.74) is 0.272. The molecule has 0 aliphatic heterocycles. The number of benzene rings is 2. The van der Waals surface area contributed by atoms with Crippen LogP contribution in [0, 0.1) is 0 Å². The Kier molecular flexibility index (Phi) is 4.54. The molecule has 0 aliphatic rings. The molecular weight excluding hydrogens is 284 g/mol. The van der Waals surface area contributed by atoms with Crippen LogP contribution in [0.1, 0.15) is 11.1 Å². The Morgan fingerprint density at radius 3 is 2.24 bits per heavy atom. The lowest BCUT2D eigenvalue weighted by Crippen LogP contribution is -2.29. The van der Waals surface area contributed by atoms with Crippen molar-refractivity contribution in [1.29, 1.82) is 0 Å². The zero-order valence-electron chi connectivity index (χ0n) is 10.8. The summed E-state index contributed by atoms with van der Waals surface area (Å²) in [7, 11) is -1.55. The van der Waals surface area contributed by atoms with E-state index in [1.54, 1.807) is 12.1 Å².